The van der Waals surface area contributed by atoms with E-state index >= 15 is 0 Å². The molecule has 70 valence electrons. The molecule has 0 radical (unpaired) electrons. The van der Waals surface area contributed by atoms with Crippen molar-refractivity contribution in [1.82, 2.24) is 15.2 Å². The number of hydrogen-bond acceptors (Lipinski definition) is 3. The Hall–Kier alpha value is -2.41. The zero-order valence-corrected chi connectivity index (χ0v) is 7.73. The van der Waals surface area contributed by atoms with Crippen LogP contribution in [0.2, 0.25) is 0 Å². The Balaban J connectivity index is 2.50. The van der Waals surface area contributed by atoms with Crippen molar-refractivity contribution >= 4 is 21.8 Å². The summed E-state index contributed by atoms with van der Waals surface area (Å²) in [6, 6.07) is 7.80. The van der Waals surface area contributed by atoms with Gasteiger partial charge in [-0.25, -0.2) is 0 Å². The number of rotatable bonds is 0. The van der Waals surface area contributed by atoms with Gasteiger partial charge >= 0.3 is 0 Å². The van der Waals surface area contributed by atoms with E-state index in [2.05, 4.69) is 21.3 Å². The van der Waals surface area contributed by atoms with Gasteiger partial charge in [-0.2, -0.15) is 10.4 Å². The van der Waals surface area contributed by atoms with Crippen molar-refractivity contribution in [3.63, 3.8) is 0 Å². The summed E-state index contributed by atoms with van der Waals surface area (Å²) >= 11 is 0. The molecule has 0 aliphatic rings. The average Bonchev–Trinajstić information content (AvgIpc) is 2.76. The molecule has 0 spiro atoms. The van der Waals surface area contributed by atoms with Crippen molar-refractivity contribution in [3.8, 4) is 6.07 Å². The minimum Gasteiger partial charge on any atom is -0.276 e. The first-order valence-electron chi connectivity index (χ1n) is 4.50. The van der Waals surface area contributed by atoms with Gasteiger partial charge in [0.25, 0.3) is 0 Å². The van der Waals surface area contributed by atoms with Crippen molar-refractivity contribution in [3.05, 3.63) is 36.2 Å². The molecular formula is C11H6N4. The van der Waals surface area contributed by atoms with Crippen molar-refractivity contribution in [2.75, 3.05) is 0 Å². The van der Waals surface area contributed by atoms with E-state index in [9.17, 15) is 0 Å². The third kappa shape index (κ3) is 1.07. The molecule has 0 aliphatic carbocycles. The predicted molar refractivity (Wildman–Crippen MR) is 56.1 cm³/mol. The molecule has 0 atom stereocenters. The highest BCUT2D eigenvalue weighted by atomic mass is 15.1. The molecule has 0 amide bonds. The number of nitrogens with zero attached hydrogens (tertiary/aromatic N) is 3. The Morgan fingerprint density at radius 3 is 2.93 bits per heavy atom. The minimum absolute atomic E-state index is 0.571. The second-order valence-electron chi connectivity index (χ2n) is 3.31. The van der Waals surface area contributed by atoms with Gasteiger partial charge in [0.2, 0.25) is 0 Å². The van der Waals surface area contributed by atoms with Crippen LogP contribution in [-0.4, -0.2) is 15.2 Å². The van der Waals surface area contributed by atoms with Gasteiger partial charge < -0.3 is 0 Å². The summed E-state index contributed by atoms with van der Waals surface area (Å²) in [6.07, 6.45) is 3.33. The summed E-state index contributed by atoms with van der Waals surface area (Å²) in [5.74, 6) is 0. The lowest BCUT2D eigenvalue weighted by molar-refractivity contribution is 1.12. The molecule has 1 aromatic carbocycles. The van der Waals surface area contributed by atoms with Crippen LogP contribution in [0.5, 0.6) is 0 Å². The van der Waals surface area contributed by atoms with Gasteiger partial charge in [-0.05, 0) is 6.07 Å². The third-order valence-electron chi connectivity index (χ3n) is 2.39. The number of nitrogens with one attached hydrogen (secondary N) is 1. The molecule has 4 heteroatoms. The molecule has 0 unspecified atom stereocenters. The van der Waals surface area contributed by atoms with E-state index in [0.717, 1.165) is 21.8 Å². The maximum absolute atomic E-state index is 8.76. The van der Waals surface area contributed by atoms with Crippen molar-refractivity contribution < 1.29 is 0 Å². The average molecular weight is 194 g/mol. The van der Waals surface area contributed by atoms with E-state index in [-0.39, 0.29) is 0 Å². The van der Waals surface area contributed by atoms with Gasteiger partial charge in [-0.1, -0.05) is 12.1 Å². The number of fused-ring (bicyclic) bond motifs is 3. The number of nitriles is 1. The Bertz CT molecular complexity index is 690. The lowest BCUT2D eigenvalue weighted by Gasteiger charge is -1.97. The number of pyridine rings is 1. The first-order valence-corrected chi connectivity index (χ1v) is 4.50. The number of aromatic nitrogens is 3. The summed E-state index contributed by atoms with van der Waals surface area (Å²) in [5.41, 5.74) is 2.34. The fourth-order valence-corrected chi connectivity index (χ4v) is 1.67. The smallest absolute Gasteiger partial charge is 0.101 e. The Morgan fingerprint density at radius 1 is 1.20 bits per heavy atom. The molecule has 0 fully saturated rings. The normalized spacial score (nSPS) is 10.6. The standard InChI is InChI=1S/C11H6N4/c12-4-7-3-8-1-2-9-6-14-15-11(9)10(8)13-5-7/h1-3,5-6H,(H,14,15). The topological polar surface area (TPSA) is 65.4 Å². The van der Waals surface area contributed by atoms with E-state index in [0.29, 0.717) is 5.56 Å². The Kier molecular flexibility index (Phi) is 1.48. The molecule has 1 N–H and O–H groups in total. The Labute approximate surface area is 85.2 Å². The van der Waals surface area contributed by atoms with E-state index in [1.54, 1.807) is 12.4 Å². The highest BCUT2D eigenvalue weighted by Gasteiger charge is 2.03. The van der Waals surface area contributed by atoms with Crippen LogP contribution in [0.4, 0.5) is 0 Å². The molecule has 15 heavy (non-hydrogen) atoms. The number of aromatic amines is 1. The van der Waals surface area contributed by atoms with Gasteiger partial charge in [-0.3, -0.25) is 10.1 Å². The van der Waals surface area contributed by atoms with Crippen LogP contribution in [0.15, 0.2) is 30.6 Å². The van der Waals surface area contributed by atoms with E-state index < -0.39 is 0 Å². The van der Waals surface area contributed by atoms with Gasteiger partial charge in [0.15, 0.2) is 0 Å². The highest BCUT2D eigenvalue weighted by molar-refractivity contribution is 6.02. The first kappa shape index (κ1) is 7.94. The lowest BCUT2D eigenvalue weighted by Crippen LogP contribution is -1.83. The molecule has 2 aromatic heterocycles. The molecule has 0 aliphatic heterocycles. The summed E-state index contributed by atoms with van der Waals surface area (Å²) in [5, 5.41) is 17.6. The first-order chi connectivity index (χ1) is 7.38. The maximum atomic E-state index is 8.76. The summed E-state index contributed by atoms with van der Waals surface area (Å²) in [7, 11) is 0. The molecule has 0 bridgehead atoms. The summed E-state index contributed by atoms with van der Waals surface area (Å²) < 4.78 is 0. The van der Waals surface area contributed by atoms with E-state index in [1.165, 1.54) is 0 Å². The molecule has 3 aromatic rings. The number of H-pyrrole nitrogens is 1. The largest absolute Gasteiger partial charge is 0.276 e. The van der Waals surface area contributed by atoms with Crippen LogP contribution in [0, 0.1) is 11.3 Å². The van der Waals surface area contributed by atoms with Crippen LogP contribution in [-0.2, 0) is 0 Å². The van der Waals surface area contributed by atoms with Gasteiger partial charge in [-0.15, -0.1) is 0 Å². The third-order valence-corrected chi connectivity index (χ3v) is 2.39. The van der Waals surface area contributed by atoms with Crippen LogP contribution >= 0.6 is 0 Å². The van der Waals surface area contributed by atoms with E-state index in [4.69, 9.17) is 5.26 Å². The minimum atomic E-state index is 0.571. The SMILES string of the molecule is N#Cc1cnc2c(ccc3cn[nH]c32)c1. The van der Waals surface area contributed by atoms with Crippen molar-refractivity contribution in [1.29, 1.82) is 5.26 Å². The number of benzene rings is 1. The van der Waals surface area contributed by atoms with Crippen LogP contribution in [0.1, 0.15) is 5.56 Å². The quantitative estimate of drug-likeness (QED) is 0.595. The predicted octanol–water partition coefficient (Wildman–Crippen LogP) is 1.98. The second-order valence-corrected chi connectivity index (χ2v) is 3.31. The molecule has 4 nitrogen and oxygen atoms in total. The highest BCUT2D eigenvalue weighted by Crippen LogP contribution is 2.21. The molecule has 0 saturated carbocycles. The molecule has 3 rings (SSSR count). The maximum Gasteiger partial charge on any atom is 0.101 e. The van der Waals surface area contributed by atoms with Crippen LogP contribution < -0.4 is 0 Å². The van der Waals surface area contributed by atoms with Crippen molar-refractivity contribution in [2.24, 2.45) is 0 Å². The molecule has 0 saturated heterocycles. The lowest BCUT2D eigenvalue weighted by atomic mass is 10.1. The van der Waals surface area contributed by atoms with Crippen LogP contribution in [0.3, 0.4) is 0 Å². The van der Waals surface area contributed by atoms with E-state index in [1.807, 2.05) is 18.2 Å². The van der Waals surface area contributed by atoms with Gasteiger partial charge in [0.1, 0.15) is 6.07 Å². The Morgan fingerprint density at radius 2 is 2.07 bits per heavy atom. The van der Waals surface area contributed by atoms with Gasteiger partial charge in [0.05, 0.1) is 22.8 Å². The van der Waals surface area contributed by atoms with Crippen molar-refractivity contribution in [2.45, 2.75) is 0 Å². The zero-order valence-electron chi connectivity index (χ0n) is 7.73. The second kappa shape index (κ2) is 2.79. The molecule has 2 heterocycles. The summed E-state index contributed by atoms with van der Waals surface area (Å²) in [4.78, 5) is 4.26. The molecular weight excluding hydrogens is 188 g/mol. The fraction of sp³-hybridized carbons (Fsp3) is 0. The summed E-state index contributed by atoms with van der Waals surface area (Å²) in [6.45, 7) is 0. The monoisotopic (exact) mass is 194 g/mol. The van der Waals surface area contributed by atoms with Gasteiger partial charge in [0, 0.05) is 17.0 Å². The zero-order chi connectivity index (χ0) is 10.3. The number of hydrogen-bond donors (Lipinski definition) is 1. The fourth-order valence-electron chi connectivity index (χ4n) is 1.67. The van der Waals surface area contributed by atoms with Crippen LogP contribution in [0.25, 0.3) is 21.8 Å².